The first-order chi connectivity index (χ1) is 29.3. The van der Waals surface area contributed by atoms with Crippen LogP contribution in [-0.2, 0) is 5.41 Å². The van der Waals surface area contributed by atoms with E-state index in [1.165, 1.54) is 55.6 Å². The van der Waals surface area contributed by atoms with Crippen LogP contribution in [0.4, 0.5) is 0 Å². The molecular formula is C56H35N3. The molecule has 10 aromatic rings. The van der Waals surface area contributed by atoms with Crippen LogP contribution in [0.2, 0.25) is 0 Å². The molecule has 9 aromatic carbocycles. The first kappa shape index (κ1) is 33.4. The zero-order valence-corrected chi connectivity index (χ0v) is 32.0. The summed E-state index contributed by atoms with van der Waals surface area (Å²) >= 11 is 0. The second-order valence-corrected chi connectivity index (χ2v) is 15.5. The van der Waals surface area contributed by atoms with Crippen LogP contribution in [0.1, 0.15) is 22.3 Å². The Morgan fingerprint density at radius 1 is 0.271 bits per heavy atom. The summed E-state index contributed by atoms with van der Waals surface area (Å²) in [6.45, 7) is 0. The van der Waals surface area contributed by atoms with Gasteiger partial charge in [0, 0.05) is 16.7 Å². The zero-order chi connectivity index (χ0) is 38.9. The summed E-state index contributed by atoms with van der Waals surface area (Å²) in [7, 11) is 0. The van der Waals surface area contributed by atoms with Crippen molar-refractivity contribution in [2.24, 2.45) is 0 Å². The van der Waals surface area contributed by atoms with Gasteiger partial charge in [-0.05, 0) is 89.7 Å². The highest BCUT2D eigenvalue weighted by Gasteiger charge is 2.52. The Bertz CT molecular complexity index is 3220. The maximum atomic E-state index is 5.16. The monoisotopic (exact) mass is 749 g/mol. The third-order valence-corrected chi connectivity index (χ3v) is 12.3. The fourth-order valence-electron chi connectivity index (χ4n) is 9.86. The standard InChI is InChI=1S/C56H35N3/c1-2-17-37(18-3-1)53-57-54(59-55(58-53)48-30-14-19-36-16-4-5-24-42(36)48)41-23-13-21-39(35-41)38-20-12-22-40(34-38)43-28-15-29-47-46-27-8-11-33-51(46)56(52(43)47)49-31-9-6-25-44(49)45-26-7-10-32-50(45)56/h1-35H. The van der Waals surface area contributed by atoms with Crippen molar-refractivity contribution < 1.29 is 0 Å². The van der Waals surface area contributed by atoms with Crippen LogP contribution in [0.15, 0.2) is 212 Å². The van der Waals surface area contributed by atoms with E-state index in [-0.39, 0.29) is 0 Å². The van der Waals surface area contributed by atoms with E-state index in [2.05, 4.69) is 194 Å². The lowest BCUT2D eigenvalue weighted by Crippen LogP contribution is -2.26. The maximum Gasteiger partial charge on any atom is 0.164 e. The Balaban J connectivity index is 1.01. The molecule has 274 valence electrons. The Labute approximate surface area is 343 Å². The summed E-state index contributed by atoms with van der Waals surface area (Å²) < 4.78 is 0. The summed E-state index contributed by atoms with van der Waals surface area (Å²) in [5.74, 6) is 1.94. The molecule has 0 N–H and O–H groups in total. The lowest BCUT2D eigenvalue weighted by atomic mass is 9.68. The quantitative estimate of drug-likeness (QED) is 0.176. The third kappa shape index (κ3) is 5.05. The summed E-state index contributed by atoms with van der Waals surface area (Å²) in [5, 5.41) is 2.26. The average Bonchev–Trinajstić information content (AvgIpc) is 3.79. The number of nitrogens with zero attached hydrogens (tertiary/aromatic N) is 3. The van der Waals surface area contributed by atoms with Crippen molar-refractivity contribution in [3.63, 3.8) is 0 Å². The van der Waals surface area contributed by atoms with Gasteiger partial charge in [-0.15, -0.1) is 0 Å². The lowest BCUT2D eigenvalue weighted by molar-refractivity contribution is 0.796. The summed E-state index contributed by atoms with van der Waals surface area (Å²) in [5.41, 5.74) is 17.7. The van der Waals surface area contributed by atoms with Crippen LogP contribution < -0.4 is 0 Å². The summed E-state index contributed by atoms with van der Waals surface area (Å²) in [6, 6.07) is 76.4. The van der Waals surface area contributed by atoms with Gasteiger partial charge in [0.25, 0.3) is 0 Å². The smallest absolute Gasteiger partial charge is 0.164 e. The summed E-state index contributed by atoms with van der Waals surface area (Å²) in [4.78, 5) is 15.3. The minimum atomic E-state index is -0.428. The number of fused-ring (bicyclic) bond motifs is 11. The lowest BCUT2D eigenvalue weighted by Gasteiger charge is -2.32. The van der Waals surface area contributed by atoms with E-state index >= 15 is 0 Å². The fourth-order valence-corrected chi connectivity index (χ4v) is 9.86. The number of hydrogen-bond donors (Lipinski definition) is 0. The molecule has 0 saturated carbocycles. The third-order valence-electron chi connectivity index (χ3n) is 12.3. The van der Waals surface area contributed by atoms with Gasteiger partial charge in [0.15, 0.2) is 17.5 Å². The Kier molecular flexibility index (Phi) is 7.45. The molecular weight excluding hydrogens is 715 g/mol. The van der Waals surface area contributed by atoms with E-state index < -0.39 is 5.41 Å². The van der Waals surface area contributed by atoms with Gasteiger partial charge in [0.1, 0.15) is 0 Å². The number of benzene rings is 9. The fraction of sp³-hybridized carbons (Fsp3) is 0.0179. The molecule has 3 heteroatoms. The van der Waals surface area contributed by atoms with E-state index in [9.17, 15) is 0 Å². The number of hydrogen-bond acceptors (Lipinski definition) is 3. The van der Waals surface area contributed by atoms with Crippen LogP contribution in [-0.4, -0.2) is 15.0 Å². The molecule has 0 fully saturated rings. The first-order valence-electron chi connectivity index (χ1n) is 20.2. The molecule has 12 rings (SSSR count). The second-order valence-electron chi connectivity index (χ2n) is 15.5. The van der Waals surface area contributed by atoms with Gasteiger partial charge in [-0.25, -0.2) is 15.0 Å². The largest absolute Gasteiger partial charge is 0.208 e. The molecule has 0 atom stereocenters. The number of aromatic nitrogens is 3. The molecule has 59 heavy (non-hydrogen) atoms. The van der Waals surface area contributed by atoms with Crippen LogP contribution in [0.25, 0.3) is 89.4 Å². The highest BCUT2D eigenvalue weighted by atomic mass is 15.0. The van der Waals surface area contributed by atoms with Crippen molar-refractivity contribution >= 4 is 10.8 Å². The van der Waals surface area contributed by atoms with E-state index in [1.807, 2.05) is 18.2 Å². The molecule has 0 amide bonds. The normalized spacial score (nSPS) is 12.9. The Morgan fingerprint density at radius 3 is 1.41 bits per heavy atom. The topological polar surface area (TPSA) is 38.7 Å². The van der Waals surface area contributed by atoms with Crippen molar-refractivity contribution in [2.75, 3.05) is 0 Å². The van der Waals surface area contributed by atoms with E-state index in [1.54, 1.807) is 0 Å². The van der Waals surface area contributed by atoms with Gasteiger partial charge in [-0.3, -0.25) is 0 Å². The second kappa shape index (κ2) is 13.2. The molecule has 2 aliphatic carbocycles. The average molecular weight is 750 g/mol. The van der Waals surface area contributed by atoms with Crippen molar-refractivity contribution in [3.8, 4) is 78.7 Å². The van der Waals surface area contributed by atoms with Gasteiger partial charge >= 0.3 is 0 Å². The van der Waals surface area contributed by atoms with Crippen molar-refractivity contribution in [2.45, 2.75) is 5.41 Å². The molecule has 1 heterocycles. The molecule has 0 unspecified atom stereocenters. The van der Waals surface area contributed by atoms with Crippen molar-refractivity contribution in [1.82, 2.24) is 15.0 Å². The van der Waals surface area contributed by atoms with Gasteiger partial charge < -0.3 is 0 Å². The van der Waals surface area contributed by atoms with Crippen LogP contribution in [0.3, 0.4) is 0 Å². The Hall–Kier alpha value is -7.75. The van der Waals surface area contributed by atoms with Gasteiger partial charge in [-0.1, -0.05) is 200 Å². The first-order valence-corrected chi connectivity index (χ1v) is 20.2. The van der Waals surface area contributed by atoms with Crippen molar-refractivity contribution in [1.29, 1.82) is 0 Å². The predicted molar refractivity (Wildman–Crippen MR) is 241 cm³/mol. The van der Waals surface area contributed by atoms with E-state index in [4.69, 9.17) is 15.0 Å². The highest BCUT2D eigenvalue weighted by molar-refractivity contribution is 5.99. The van der Waals surface area contributed by atoms with Crippen LogP contribution in [0, 0.1) is 0 Å². The minimum absolute atomic E-state index is 0.428. The highest BCUT2D eigenvalue weighted by Crippen LogP contribution is 2.64. The Morgan fingerprint density at radius 2 is 0.695 bits per heavy atom. The molecule has 0 aliphatic heterocycles. The zero-order valence-electron chi connectivity index (χ0n) is 32.0. The van der Waals surface area contributed by atoms with Gasteiger partial charge in [-0.2, -0.15) is 0 Å². The van der Waals surface area contributed by atoms with Crippen LogP contribution in [0.5, 0.6) is 0 Å². The van der Waals surface area contributed by atoms with Gasteiger partial charge in [0.05, 0.1) is 5.41 Å². The molecule has 1 aromatic heterocycles. The van der Waals surface area contributed by atoms with E-state index in [0.29, 0.717) is 17.5 Å². The minimum Gasteiger partial charge on any atom is -0.208 e. The molecule has 0 radical (unpaired) electrons. The molecule has 2 aliphatic rings. The molecule has 0 saturated heterocycles. The number of rotatable bonds is 5. The SMILES string of the molecule is c1ccc(-c2nc(-c3cccc(-c4cccc(-c5cccc6c5C5(c7ccccc7-c7ccccc75)c5ccccc5-6)c4)c3)nc(-c3cccc4ccccc34)n2)cc1. The van der Waals surface area contributed by atoms with E-state index in [0.717, 1.165) is 38.6 Å². The maximum absolute atomic E-state index is 5.16. The molecule has 0 bridgehead atoms. The predicted octanol–water partition coefficient (Wildman–Crippen LogP) is 13.7. The molecule has 1 spiro atoms. The molecule has 3 nitrogen and oxygen atoms in total. The van der Waals surface area contributed by atoms with Crippen LogP contribution >= 0.6 is 0 Å². The summed E-state index contributed by atoms with van der Waals surface area (Å²) in [6.07, 6.45) is 0. The van der Waals surface area contributed by atoms with Crippen molar-refractivity contribution in [3.05, 3.63) is 235 Å². The van der Waals surface area contributed by atoms with Gasteiger partial charge in [0.2, 0.25) is 0 Å².